The Kier molecular flexibility index (Phi) is 2.79. The Morgan fingerprint density at radius 3 is 2.60 bits per heavy atom. The first-order chi connectivity index (χ1) is 7.09. The fourth-order valence-electron chi connectivity index (χ4n) is 1.98. The standard InChI is InChI=1S/C13H17FO/c1-8-3-4-11(7-12(8)14)13(15)9(2)10-5-6-10/h3-4,7,9-10,13,15H,5-6H2,1-2H3. The molecule has 1 saturated carbocycles. The normalized spacial score (nSPS) is 20.0. The van der Waals surface area contributed by atoms with Crippen LogP contribution in [0.25, 0.3) is 0 Å². The van der Waals surface area contributed by atoms with Crippen LogP contribution in [0.15, 0.2) is 18.2 Å². The van der Waals surface area contributed by atoms with Gasteiger partial charge in [-0.05, 0) is 48.8 Å². The summed E-state index contributed by atoms with van der Waals surface area (Å²) >= 11 is 0. The van der Waals surface area contributed by atoms with Gasteiger partial charge in [-0.3, -0.25) is 0 Å². The van der Waals surface area contributed by atoms with Gasteiger partial charge in [0.05, 0.1) is 6.10 Å². The van der Waals surface area contributed by atoms with Crippen LogP contribution in [0.3, 0.4) is 0 Å². The average Bonchev–Trinajstić information content (AvgIpc) is 3.03. The van der Waals surface area contributed by atoms with Crippen LogP contribution < -0.4 is 0 Å². The van der Waals surface area contributed by atoms with Crippen LogP contribution in [-0.4, -0.2) is 5.11 Å². The van der Waals surface area contributed by atoms with Crippen LogP contribution in [0.5, 0.6) is 0 Å². The van der Waals surface area contributed by atoms with Gasteiger partial charge in [-0.25, -0.2) is 4.39 Å². The van der Waals surface area contributed by atoms with Crippen LogP contribution >= 0.6 is 0 Å². The van der Waals surface area contributed by atoms with Crippen molar-refractivity contribution in [3.8, 4) is 0 Å². The molecule has 0 aliphatic heterocycles. The lowest BCUT2D eigenvalue weighted by Crippen LogP contribution is -2.11. The van der Waals surface area contributed by atoms with E-state index in [1.54, 1.807) is 13.0 Å². The molecular formula is C13H17FO. The van der Waals surface area contributed by atoms with Crippen LogP contribution in [0.4, 0.5) is 4.39 Å². The van der Waals surface area contributed by atoms with E-state index < -0.39 is 6.10 Å². The Hall–Kier alpha value is -0.890. The average molecular weight is 208 g/mol. The van der Waals surface area contributed by atoms with Crippen molar-refractivity contribution >= 4 is 0 Å². The molecular weight excluding hydrogens is 191 g/mol. The molecule has 82 valence electrons. The maximum atomic E-state index is 13.3. The molecule has 2 rings (SSSR count). The first-order valence-electron chi connectivity index (χ1n) is 5.53. The summed E-state index contributed by atoms with van der Waals surface area (Å²) in [4.78, 5) is 0. The minimum Gasteiger partial charge on any atom is -0.388 e. The minimum atomic E-state index is -0.521. The highest BCUT2D eigenvalue weighted by atomic mass is 19.1. The van der Waals surface area contributed by atoms with E-state index in [1.165, 1.54) is 18.9 Å². The van der Waals surface area contributed by atoms with Crippen molar-refractivity contribution in [3.05, 3.63) is 35.1 Å². The molecule has 0 amide bonds. The monoisotopic (exact) mass is 208 g/mol. The van der Waals surface area contributed by atoms with Gasteiger partial charge in [0, 0.05) is 0 Å². The molecule has 1 aliphatic carbocycles. The Morgan fingerprint density at radius 2 is 2.07 bits per heavy atom. The van der Waals surface area contributed by atoms with Gasteiger partial charge in [-0.2, -0.15) is 0 Å². The Morgan fingerprint density at radius 1 is 1.40 bits per heavy atom. The highest BCUT2D eigenvalue weighted by Gasteiger charge is 2.33. The Bertz CT molecular complexity index is 358. The number of benzene rings is 1. The maximum absolute atomic E-state index is 13.3. The van der Waals surface area contributed by atoms with E-state index in [9.17, 15) is 9.50 Å². The molecule has 2 heteroatoms. The molecule has 0 saturated heterocycles. The number of halogens is 1. The lowest BCUT2D eigenvalue weighted by molar-refractivity contribution is 0.105. The second kappa shape index (κ2) is 3.93. The molecule has 0 radical (unpaired) electrons. The van der Waals surface area contributed by atoms with Gasteiger partial charge < -0.3 is 5.11 Å². The van der Waals surface area contributed by atoms with E-state index >= 15 is 0 Å². The molecule has 0 heterocycles. The van der Waals surface area contributed by atoms with Gasteiger partial charge >= 0.3 is 0 Å². The predicted octanol–water partition coefficient (Wildman–Crippen LogP) is 3.21. The van der Waals surface area contributed by atoms with E-state index in [-0.39, 0.29) is 11.7 Å². The van der Waals surface area contributed by atoms with E-state index in [0.29, 0.717) is 17.0 Å². The molecule has 0 spiro atoms. The Balaban J connectivity index is 2.17. The summed E-state index contributed by atoms with van der Waals surface area (Å²) in [6.07, 6.45) is 1.88. The second-order valence-electron chi connectivity index (χ2n) is 4.65. The molecule has 1 aliphatic rings. The lowest BCUT2D eigenvalue weighted by Gasteiger charge is -2.19. The van der Waals surface area contributed by atoms with Gasteiger partial charge in [0.25, 0.3) is 0 Å². The fourth-order valence-corrected chi connectivity index (χ4v) is 1.98. The van der Waals surface area contributed by atoms with Gasteiger partial charge in [0.1, 0.15) is 5.82 Å². The molecule has 1 aromatic rings. The van der Waals surface area contributed by atoms with Gasteiger partial charge in [-0.15, -0.1) is 0 Å². The quantitative estimate of drug-likeness (QED) is 0.808. The zero-order valence-corrected chi connectivity index (χ0v) is 9.20. The highest BCUT2D eigenvalue weighted by Crippen LogP contribution is 2.42. The molecule has 1 aromatic carbocycles. The molecule has 0 bridgehead atoms. The van der Waals surface area contributed by atoms with Crippen molar-refractivity contribution in [3.63, 3.8) is 0 Å². The van der Waals surface area contributed by atoms with Crippen LogP contribution in [-0.2, 0) is 0 Å². The van der Waals surface area contributed by atoms with Crippen LogP contribution in [0.2, 0.25) is 0 Å². The van der Waals surface area contributed by atoms with Crippen molar-refractivity contribution < 1.29 is 9.50 Å². The smallest absolute Gasteiger partial charge is 0.126 e. The third-order valence-corrected chi connectivity index (χ3v) is 3.40. The highest BCUT2D eigenvalue weighted by molar-refractivity contribution is 5.25. The summed E-state index contributed by atoms with van der Waals surface area (Å²) in [6, 6.07) is 5.01. The van der Waals surface area contributed by atoms with E-state index in [2.05, 4.69) is 0 Å². The molecule has 2 unspecified atom stereocenters. The summed E-state index contributed by atoms with van der Waals surface area (Å²) in [5.41, 5.74) is 1.34. The van der Waals surface area contributed by atoms with Gasteiger partial charge in [0.15, 0.2) is 0 Å². The summed E-state index contributed by atoms with van der Waals surface area (Å²) in [5.74, 6) is 0.644. The van der Waals surface area contributed by atoms with Crippen molar-refractivity contribution in [2.45, 2.75) is 32.8 Å². The predicted molar refractivity (Wildman–Crippen MR) is 58.0 cm³/mol. The minimum absolute atomic E-state index is 0.227. The largest absolute Gasteiger partial charge is 0.388 e. The number of aliphatic hydroxyl groups is 1. The van der Waals surface area contributed by atoms with Gasteiger partial charge in [-0.1, -0.05) is 19.1 Å². The first kappa shape index (κ1) is 10.6. The second-order valence-corrected chi connectivity index (χ2v) is 4.65. The molecule has 2 atom stereocenters. The van der Waals surface area contributed by atoms with E-state index in [0.717, 1.165) is 0 Å². The summed E-state index contributed by atoms with van der Waals surface area (Å²) < 4.78 is 13.3. The van der Waals surface area contributed by atoms with E-state index in [1.807, 2.05) is 13.0 Å². The Labute approximate surface area is 89.9 Å². The first-order valence-corrected chi connectivity index (χ1v) is 5.53. The topological polar surface area (TPSA) is 20.2 Å². The van der Waals surface area contributed by atoms with Crippen molar-refractivity contribution in [2.75, 3.05) is 0 Å². The zero-order valence-electron chi connectivity index (χ0n) is 9.20. The number of aryl methyl sites for hydroxylation is 1. The SMILES string of the molecule is Cc1ccc(C(O)C(C)C2CC2)cc1F. The summed E-state index contributed by atoms with van der Waals surface area (Å²) in [7, 11) is 0. The summed E-state index contributed by atoms with van der Waals surface area (Å²) in [5, 5.41) is 10.0. The maximum Gasteiger partial charge on any atom is 0.126 e. The van der Waals surface area contributed by atoms with Crippen molar-refractivity contribution in [1.82, 2.24) is 0 Å². The number of hydrogen-bond acceptors (Lipinski definition) is 1. The van der Waals surface area contributed by atoms with Crippen molar-refractivity contribution in [2.24, 2.45) is 11.8 Å². The fraction of sp³-hybridized carbons (Fsp3) is 0.538. The molecule has 1 nitrogen and oxygen atoms in total. The summed E-state index contributed by atoms with van der Waals surface area (Å²) in [6.45, 7) is 3.77. The molecule has 1 N–H and O–H groups in total. The van der Waals surface area contributed by atoms with Crippen molar-refractivity contribution in [1.29, 1.82) is 0 Å². The molecule has 0 aromatic heterocycles. The third-order valence-electron chi connectivity index (χ3n) is 3.40. The molecule has 1 fully saturated rings. The number of hydrogen-bond donors (Lipinski definition) is 1. The number of rotatable bonds is 3. The van der Waals surface area contributed by atoms with Gasteiger partial charge in [0.2, 0.25) is 0 Å². The van der Waals surface area contributed by atoms with Crippen LogP contribution in [0.1, 0.15) is 37.0 Å². The van der Waals surface area contributed by atoms with E-state index in [4.69, 9.17) is 0 Å². The molecule has 15 heavy (non-hydrogen) atoms. The zero-order chi connectivity index (χ0) is 11.0. The van der Waals surface area contributed by atoms with Crippen LogP contribution in [0, 0.1) is 24.6 Å². The lowest BCUT2D eigenvalue weighted by atomic mass is 9.93. The number of aliphatic hydroxyl groups excluding tert-OH is 1. The third kappa shape index (κ3) is 2.20.